The Morgan fingerprint density at radius 3 is 2.74 bits per heavy atom. The first-order chi connectivity index (χ1) is 9.24. The smallest absolute Gasteiger partial charge is 0.0897 e. The van der Waals surface area contributed by atoms with Crippen LogP contribution in [0.15, 0.2) is 24.3 Å². The molecule has 1 aliphatic rings. The summed E-state index contributed by atoms with van der Waals surface area (Å²) >= 11 is 5.80. The minimum atomic E-state index is -0.438. The molecule has 0 bridgehead atoms. The van der Waals surface area contributed by atoms with Crippen LogP contribution in [0.25, 0.3) is 0 Å². The van der Waals surface area contributed by atoms with Gasteiger partial charge in [0.25, 0.3) is 0 Å². The summed E-state index contributed by atoms with van der Waals surface area (Å²) in [6.07, 6.45) is 3.56. The van der Waals surface area contributed by atoms with Crippen molar-refractivity contribution in [2.45, 2.75) is 32.0 Å². The molecule has 1 aromatic carbocycles. The van der Waals surface area contributed by atoms with Crippen molar-refractivity contribution in [1.29, 1.82) is 0 Å². The molecule has 1 aliphatic carbocycles. The maximum atomic E-state index is 9.74. The molecular formula is C15H22ClNO2. The van der Waals surface area contributed by atoms with Gasteiger partial charge in [-0.05, 0) is 36.6 Å². The molecule has 0 aromatic heterocycles. The maximum absolute atomic E-state index is 9.74. The third-order valence-corrected chi connectivity index (χ3v) is 3.55. The Labute approximate surface area is 119 Å². The predicted molar refractivity (Wildman–Crippen MR) is 77.3 cm³/mol. The lowest BCUT2D eigenvalue weighted by molar-refractivity contribution is 0.0289. The molecule has 0 aliphatic heterocycles. The molecule has 1 fully saturated rings. The van der Waals surface area contributed by atoms with Crippen molar-refractivity contribution in [3.63, 3.8) is 0 Å². The Morgan fingerprint density at radius 1 is 1.32 bits per heavy atom. The summed E-state index contributed by atoms with van der Waals surface area (Å²) in [6.45, 7) is 2.47. The Bertz CT molecular complexity index is 365. The first kappa shape index (κ1) is 14.8. The molecule has 1 saturated carbocycles. The molecule has 0 saturated heterocycles. The molecule has 1 atom stereocenters. The molecule has 3 nitrogen and oxygen atoms in total. The van der Waals surface area contributed by atoms with E-state index >= 15 is 0 Å². The number of nitrogens with one attached hydrogen (secondary N) is 1. The zero-order chi connectivity index (χ0) is 13.5. The molecule has 0 amide bonds. The number of aliphatic hydroxyl groups excluding tert-OH is 1. The van der Waals surface area contributed by atoms with Crippen molar-refractivity contribution in [1.82, 2.24) is 5.32 Å². The lowest BCUT2D eigenvalue weighted by Gasteiger charge is -2.12. The van der Waals surface area contributed by atoms with Gasteiger partial charge in [-0.2, -0.15) is 0 Å². The van der Waals surface area contributed by atoms with Crippen molar-refractivity contribution in [3.8, 4) is 0 Å². The highest BCUT2D eigenvalue weighted by molar-refractivity contribution is 6.30. The van der Waals surface area contributed by atoms with Crippen LogP contribution in [0.5, 0.6) is 0 Å². The van der Waals surface area contributed by atoms with Gasteiger partial charge >= 0.3 is 0 Å². The van der Waals surface area contributed by atoms with E-state index in [1.54, 1.807) is 0 Å². The standard InChI is InChI=1S/C15H22ClNO2/c16-14-5-3-13(4-6-14)10-19-11-15(18)9-17-8-7-12-1-2-12/h3-6,12,15,17-18H,1-2,7-11H2. The third kappa shape index (κ3) is 6.39. The monoisotopic (exact) mass is 283 g/mol. The number of hydrogen-bond acceptors (Lipinski definition) is 3. The number of hydrogen-bond donors (Lipinski definition) is 2. The second-order valence-corrected chi connectivity index (χ2v) is 5.67. The summed E-state index contributed by atoms with van der Waals surface area (Å²) in [7, 11) is 0. The van der Waals surface area contributed by atoms with Crippen molar-refractivity contribution < 1.29 is 9.84 Å². The van der Waals surface area contributed by atoms with Crippen molar-refractivity contribution in [2.75, 3.05) is 19.7 Å². The first-order valence-corrected chi connectivity index (χ1v) is 7.33. The molecule has 4 heteroatoms. The number of aliphatic hydroxyl groups is 1. The highest BCUT2D eigenvalue weighted by atomic mass is 35.5. The Hall–Kier alpha value is -0.610. The van der Waals surface area contributed by atoms with E-state index < -0.39 is 6.10 Å². The summed E-state index contributed by atoms with van der Waals surface area (Å²) in [4.78, 5) is 0. The summed E-state index contributed by atoms with van der Waals surface area (Å²) < 4.78 is 5.48. The second kappa shape index (κ2) is 7.85. The molecule has 0 heterocycles. The van der Waals surface area contributed by atoms with E-state index in [-0.39, 0.29) is 0 Å². The number of rotatable bonds is 9. The van der Waals surface area contributed by atoms with Crippen LogP contribution in [0.4, 0.5) is 0 Å². The van der Waals surface area contributed by atoms with Gasteiger partial charge in [0.1, 0.15) is 0 Å². The van der Waals surface area contributed by atoms with E-state index in [2.05, 4.69) is 5.32 Å². The van der Waals surface area contributed by atoms with Crippen molar-refractivity contribution in [2.24, 2.45) is 5.92 Å². The highest BCUT2D eigenvalue weighted by Crippen LogP contribution is 2.31. The molecular weight excluding hydrogens is 262 g/mol. The largest absolute Gasteiger partial charge is 0.389 e. The lowest BCUT2D eigenvalue weighted by atomic mass is 10.2. The molecule has 2 rings (SSSR count). The van der Waals surface area contributed by atoms with Gasteiger partial charge in [-0.1, -0.05) is 36.6 Å². The van der Waals surface area contributed by atoms with E-state index in [4.69, 9.17) is 16.3 Å². The molecule has 2 N–H and O–H groups in total. The first-order valence-electron chi connectivity index (χ1n) is 6.95. The summed E-state index contributed by atoms with van der Waals surface area (Å²) in [5, 5.41) is 13.7. The SMILES string of the molecule is OC(CNCCC1CC1)COCc1ccc(Cl)cc1. The third-order valence-electron chi connectivity index (χ3n) is 3.30. The minimum absolute atomic E-state index is 0.360. The van der Waals surface area contributed by atoms with Crippen LogP contribution in [0.2, 0.25) is 5.02 Å². The van der Waals surface area contributed by atoms with Crippen LogP contribution in [0.3, 0.4) is 0 Å². The summed E-state index contributed by atoms with van der Waals surface area (Å²) in [6, 6.07) is 7.55. The Balaban J connectivity index is 1.50. The molecule has 0 radical (unpaired) electrons. The van der Waals surface area contributed by atoms with Crippen LogP contribution in [-0.2, 0) is 11.3 Å². The Morgan fingerprint density at radius 2 is 2.05 bits per heavy atom. The van der Waals surface area contributed by atoms with Gasteiger partial charge in [0.2, 0.25) is 0 Å². The van der Waals surface area contributed by atoms with Crippen LogP contribution < -0.4 is 5.32 Å². The average molecular weight is 284 g/mol. The topological polar surface area (TPSA) is 41.5 Å². The van der Waals surface area contributed by atoms with Gasteiger partial charge in [-0.25, -0.2) is 0 Å². The van der Waals surface area contributed by atoms with Gasteiger partial charge in [-0.15, -0.1) is 0 Å². The maximum Gasteiger partial charge on any atom is 0.0897 e. The van der Waals surface area contributed by atoms with E-state index in [1.165, 1.54) is 19.3 Å². The normalized spacial score (nSPS) is 16.5. The fourth-order valence-electron chi connectivity index (χ4n) is 1.93. The molecule has 1 aromatic rings. The second-order valence-electron chi connectivity index (χ2n) is 5.23. The molecule has 19 heavy (non-hydrogen) atoms. The number of halogens is 1. The molecule has 106 valence electrons. The van der Waals surface area contributed by atoms with Gasteiger partial charge in [0.05, 0.1) is 19.3 Å². The summed E-state index contributed by atoms with van der Waals surface area (Å²) in [5.74, 6) is 0.936. The number of benzene rings is 1. The van der Waals surface area contributed by atoms with Gasteiger partial charge < -0.3 is 15.2 Å². The minimum Gasteiger partial charge on any atom is -0.389 e. The fourth-order valence-corrected chi connectivity index (χ4v) is 2.06. The van der Waals surface area contributed by atoms with Crippen LogP contribution in [0, 0.1) is 5.92 Å². The molecule has 1 unspecified atom stereocenters. The predicted octanol–water partition coefficient (Wildman–Crippen LogP) is 2.61. The summed E-state index contributed by atoms with van der Waals surface area (Å²) in [5.41, 5.74) is 1.07. The Kier molecular flexibility index (Phi) is 6.11. The molecule has 0 spiro atoms. The van der Waals surface area contributed by atoms with Crippen LogP contribution in [0.1, 0.15) is 24.8 Å². The van der Waals surface area contributed by atoms with E-state index in [9.17, 15) is 5.11 Å². The van der Waals surface area contributed by atoms with E-state index in [1.807, 2.05) is 24.3 Å². The van der Waals surface area contributed by atoms with E-state index in [0.29, 0.717) is 19.8 Å². The quantitative estimate of drug-likeness (QED) is 0.685. The lowest BCUT2D eigenvalue weighted by Crippen LogP contribution is -2.31. The van der Waals surface area contributed by atoms with E-state index in [0.717, 1.165) is 23.0 Å². The van der Waals surface area contributed by atoms with Gasteiger partial charge in [0.15, 0.2) is 0 Å². The zero-order valence-corrected chi connectivity index (χ0v) is 11.9. The van der Waals surface area contributed by atoms with Crippen molar-refractivity contribution >= 4 is 11.6 Å². The zero-order valence-electron chi connectivity index (χ0n) is 11.1. The van der Waals surface area contributed by atoms with Crippen molar-refractivity contribution in [3.05, 3.63) is 34.9 Å². The number of ether oxygens (including phenoxy) is 1. The van der Waals surface area contributed by atoms with Gasteiger partial charge in [-0.3, -0.25) is 0 Å². The average Bonchev–Trinajstić information content (AvgIpc) is 3.21. The van der Waals surface area contributed by atoms with Crippen LogP contribution >= 0.6 is 11.6 Å². The van der Waals surface area contributed by atoms with Gasteiger partial charge in [0, 0.05) is 11.6 Å². The highest BCUT2D eigenvalue weighted by Gasteiger charge is 2.20. The fraction of sp³-hybridized carbons (Fsp3) is 0.600. The van der Waals surface area contributed by atoms with Crippen LogP contribution in [-0.4, -0.2) is 30.9 Å².